The van der Waals surface area contributed by atoms with Gasteiger partial charge >= 0.3 is 0 Å². The van der Waals surface area contributed by atoms with Crippen molar-refractivity contribution in [2.75, 3.05) is 13.1 Å². The minimum atomic E-state index is -3.46. The van der Waals surface area contributed by atoms with Crippen LogP contribution >= 0.6 is 0 Å². The highest BCUT2D eigenvalue weighted by atomic mass is 32.2. The lowest BCUT2D eigenvalue weighted by atomic mass is 9.98. The summed E-state index contributed by atoms with van der Waals surface area (Å²) in [4.78, 5) is 0.230. The molecule has 2 N–H and O–H groups in total. The Balaban J connectivity index is 1.88. The van der Waals surface area contributed by atoms with Crippen LogP contribution in [0, 0.1) is 5.41 Å². The molecule has 2 rings (SSSR count). The number of nitrogens with zero attached hydrogens (tertiary/aromatic N) is 2. The predicted molar refractivity (Wildman–Crippen MR) is 77.9 cm³/mol. The fraction of sp³-hybridized carbons (Fsp3) is 0.769. The van der Waals surface area contributed by atoms with Gasteiger partial charge in [-0.15, -0.1) is 0 Å². The number of aromatic nitrogens is 2. The van der Waals surface area contributed by atoms with E-state index in [2.05, 4.69) is 15.1 Å². The molecule has 0 atom stereocenters. The summed E-state index contributed by atoms with van der Waals surface area (Å²) >= 11 is 0. The van der Waals surface area contributed by atoms with E-state index in [-0.39, 0.29) is 10.3 Å². The van der Waals surface area contributed by atoms with Crippen LogP contribution < -0.4 is 10.0 Å². The molecule has 0 aliphatic heterocycles. The molecule has 1 heterocycles. The second-order valence-corrected chi connectivity index (χ2v) is 8.32. The van der Waals surface area contributed by atoms with Crippen LogP contribution in [-0.2, 0) is 16.6 Å². The fourth-order valence-electron chi connectivity index (χ4n) is 1.67. The van der Waals surface area contributed by atoms with E-state index in [0.29, 0.717) is 19.1 Å². The molecule has 1 aliphatic carbocycles. The maximum atomic E-state index is 12.1. The number of nitrogens with one attached hydrogen (secondary N) is 2. The number of rotatable bonds is 7. The van der Waals surface area contributed by atoms with E-state index in [4.69, 9.17) is 0 Å². The zero-order chi connectivity index (χ0) is 14.8. The highest BCUT2D eigenvalue weighted by Crippen LogP contribution is 2.18. The molecule has 0 radical (unpaired) electrons. The van der Waals surface area contributed by atoms with E-state index in [1.807, 2.05) is 20.8 Å². The Morgan fingerprint density at radius 2 is 2.10 bits per heavy atom. The summed E-state index contributed by atoms with van der Waals surface area (Å²) in [5.41, 5.74) is -0.0861. The molecule has 1 aromatic heterocycles. The van der Waals surface area contributed by atoms with Gasteiger partial charge in [0.1, 0.15) is 4.90 Å². The van der Waals surface area contributed by atoms with Crippen LogP contribution in [0.2, 0.25) is 0 Å². The van der Waals surface area contributed by atoms with Gasteiger partial charge in [0.15, 0.2) is 0 Å². The third kappa shape index (κ3) is 4.88. The third-order valence-electron chi connectivity index (χ3n) is 3.06. The molecule has 1 aromatic rings. The van der Waals surface area contributed by atoms with Gasteiger partial charge in [-0.1, -0.05) is 20.8 Å². The van der Waals surface area contributed by atoms with Crippen molar-refractivity contribution in [1.29, 1.82) is 0 Å². The Labute approximate surface area is 121 Å². The first-order chi connectivity index (χ1) is 9.26. The quantitative estimate of drug-likeness (QED) is 0.786. The van der Waals surface area contributed by atoms with Crippen LogP contribution in [0.4, 0.5) is 0 Å². The van der Waals surface area contributed by atoms with E-state index in [0.717, 1.165) is 6.54 Å². The minimum absolute atomic E-state index is 0.0861. The van der Waals surface area contributed by atoms with Crippen molar-refractivity contribution in [3.63, 3.8) is 0 Å². The molecule has 0 unspecified atom stereocenters. The van der Waals surface area contributed by atoms with Crippen molar-refractivity contribution < 1.29 is 8.42 Å². The third-order valence-corrected chi connectivity index (χ3v) is 4.42. The van der Waals surface area contributed by atoms with Crippen LogP contribution in [0.25, 0.3) is 0 Å². The Bertz CT molecular complexity index is 541. The van der Waals surface area contributed by atoms with Crippen molar-refractivity contribution in [3.8, 4) is 0 Å². The van der Waals surface area contributed by atoms with Crippen molar-refractivity contribution in [2.24, 2.45) is 5.41 Å². The van der Waals surface area contributed by atoms with Gasteiger partial charge in [0.25, 0.3) is 0 Å². The largest absolute Gasteiger partial charge is 0.312 e. The van der Waals surface area contributed by atoms with Crippen LogP contribution in [0.5, 0.6) is 0 Å². The van der Waals surface area contributed by atoms with Crippen molar-refractivity contribution in [1.82, 2.24) is 19.8 Å². The van der Waals surface area contributed by atoms with Gasteiger partial charge in [-0.2, -0.15) is 5.10 Å². The second kappa shape index (κ2) is 5.83. The maximum absolute atomic E-state index is 12.1. The monoisotopic (exact) mass is 300 g/mol. The Kier molecular flexibility index (Phi) is 4.51. The van der Waals surface area contributed by atoms with Gasteiger partial charge in [-0.25, -0.2) is 13.1 Å². The van der Waals surface area contributed by atoms with Crippen LogP contribution in [0.3, 0.4) is 0 Å². The maximum Gasteiger partial charge on any atom is 0.243 e. The average molecular weight is 300 g/mol. The molecule has 0 bridgehead atoms. The smallest absolute Gasteiger partial charge is 0.243 e. The zero-order valence-corrected chi connectivity index (χ0v) is 13.2. The van der Waals surface area contributed by atoms with Crippen LogP contribution in [0.15, 0.2) is 17.3 Å². The number of sulfonamides is 1. The van der Waals surface area contributed by atoms with Gasteiger partial charge in [0, 0.05) is 25.3 Å². The first kappa shape index (κ1) is 15.5. The molecule has 7 heteroatoms. The first-order valence-corrected chi connectivity index (χ1v) is 8.50. The molecule has 20 heavy (non-hydrogen) atoms. The molecule has 0 spiro atoms. The lowest BCUT2D eigenvalue weighted by Gasteiger charge is -2.18. The van der Waals surface area contributed by atoms with E-state index in [1.165, 1.54) is 19.0 Å². The average Bonchev–Trinajstić information content (AvgIpc) is 3.02. The van der Waals surface area contributed by atoms with Crippen LogP contribution in [0.1, 0.15) is 33.6 Å². The zero-order valence-electron chi connectivity index (χ0n) is 12.4. The standard InChI is InChI=1S/C13H24N4O2S/c1-13(2,3)10-16-20(18,19)12-8-15-17(9-12)7-6-14-11-4-5-11/h8-9,11,14,16H,4-7,10H2,1-3H3. The summed E-state index contributed by atoms with van der Waals surface area (Å²) < 4.78 is 28.5. The number of hydrogen-bond donors (Lipinski definition) is 2. The van der Waals surface area contributed by atoms with Crippen LogP contribution in [-0.4, -0.2) is 37.3 Å². The second-order valence-electron chi connectivity index (χ2n) is 6.55. The lowest BCUT2D eigenvalue weighted by molar-refractivity contribution is 0.407. The summed E-state index contributed by atoms with van der Waals surface area (Å²) in [7, 11) is -3.46. The number of hydrogen-bond acceptors (Lipinski definition) is 4. The topological polar surface area (TPSA) is 76.0 Å². The summed E-state index contributed by atoms with van der Waals surface area (Å²) in [6.07, 6.45) is 5.48. The molecule has 0 saturated heterocycles. The molecule has 114 valence electrons. The van der Waals surface area contributed by atoms with E-state index < -0.39 is 10.0 Å². The summed E-state index contributed by atoms with van der Waals surface area (Å²) in [6.45, 7) is 7.88. The fourth-order valence-corrected chi connectivity index (χ4v) is 2.91. The van der Waals surface area contributed by atoms with E-state index in [1.54, 1.807) is 10.9 Å². The van der Waals surface area contributed by atoms with Gasteiger partial charge in [0.2, 0.25) is 10.0 Å². The summed E-state index contributed by atoms with van der Waals surface area (Å²) in [5.74, 6) is 0. The SMILES string of the molecule is CC(C)(C)CNS(=O)(=O)c1cnn(CCNC2CC2)c1. The van der Waals surface area contributed by atoms with Crippen molar-refractivity contribution >= 4 is 10.0 Å². The van der Waals surface area contributed by atoms with Crippen molar-refractivity contribution in [2.45, 2.75) is 51.1 Å². The highest BCUT2D eigenvalue weighted by molar-refractivity contribution is 7.89. The molecule has 0 amide bonds. The lowest BCUT2D eigenvalue weighted by Crippen LogP contribution is -2.32. The molecular formula is C13H24N4O2S. The summed E-state index contributed by atoms with van der Waals surface area (Å²) in [6, 6.07) is 0.655. The van der Waals surface area contributed by atoms with Crippen molar-refractivity contribution in [3.05, 3.63) is 12.4 Å². The van der Waals surface area contributed by atoms with Gasteiger partial charge < -0.3 is 5.32 Å². The van der Waals surface area contributed by atoms with Gasteiger partial charge in [-0.3, -0.25) is 4.68 Å². The Morgan fingerprint density at radius 3 is 2.70 bits per heavy atom. The molecule has 1 saturated carbocycles. The molecule has 1 fully saturated rings. The predicted octanol–water partition coefficient (Wildman–Crippen LogP) is 0.960. The molecule has 0 aromatic carbocycles. The summed E-state index contributed by atoms with van der Waals surface area (Å²) in [5, 5.41) is 7.47. The Morgan fingerprint density at radius 1 is 1.40 bits per heavy atom. The van der Waals surface area contributed by atoms with Gasteiger partial charge in [0.05, 0.1) is 12.7 Å². The minimum Gasteiger partial charge on any atom is -0.312 e. The Hall–Kier alpha value is -0.920. The molecular weight excluding hydrogens is 276 g/mol. The van der Waals surface area contributed by atoms with Gasteiger partial charge in [-0.05, 0) is 18.3 Å². The first-order valence-electron chi connectivity index (χ1n) is 7.02. The molecule has 1 aliphatic rings. The van der Waals surface area contributed by atoms with E-state index >= 15 is 0 Å². The highest BCUT2D eigenvalue weighted by Gasteiger charge is 2.21. The molecule has 6 nitrogen and oxygen atoms in total. The van der Waals surface area contributed by atoms with E-state index in [9.17, 15) is 8.42 Å². The normalized spacial score (nSPS) is 16.6.